The number of halogens is 2. The molecule has 1 aromatic carbocycles. The molecule has 0 unspecified atom stereocenters. The summed E-state index contributed by atoms with van der Waals surface area (Å²) in [7, 11) is -3.28. The Morgan fingerprint density at radius 2 is 2.07 bits per heavy atom. The summed E-state index contributed by atoms with van der Waals surface area (Å²) in [4.78, 5) is 0. The normalized spacial score (nSPS) is 16.4. The summed E-state index contributed by atoms with van der Waals surface area (Å²) in [5.41, 5.74) is 0.378. The van der Waals surface area contributed by atoms with Gasteiger partial charge in [0.05, 0.1) is 10.9 Å². The van der Waals surface area contributed by atoms with Crippen LogP contribution in [0.4, 0.5) is 10.1 Å². The minimum atomic E-state index is -3.28. The SMILES string of the molecule is O=S(=O)(Nc1ccc(F)cc1Br)C1CC1. The molecule has 0 amide bonds. The van der Waals surface area contributed by atoms with Gasteiger partial charge in [0.15, 0.2) is 0 Å². The minimum absolute atomic E-state index is 0.283. The van der Waals surface area contributed by atoms with Gasteiger partial charge in [0.2, 0.25) is 10.0 Å². The molecule has 0 aliphatic heterocycles. The van der Waals surface area contributed by atoms with Crippen molar-refractivity contribution in [3.8, 4) is 0 Å². The Bertz CT molecular complexity index is 485. The van der Waals surface area contributed by atoms with E-state index in [9.17, 15) is 12.8 Å². The van der Waals surface area contributed by atoms with Crippen LogP contribution in [0, 0.1) is 5.82 Å². The maximum atomic E-state index is 12.7. The highest BCUT2D eigenvalue weighted by molar-refractivity contribution is 9.10. The standard InChI is InChI=1S/C9H9BrFNO2S/c10-8-5-6(11)1-4-9(8)12-15(13,14)7-2-3-7/h1,4-5,7,12H,2-3H2. The zero-order valence-electron chi connectivity index (χ0n) is 7.70. The Morgan fingerprint density at radius 1 is 1.40 bits per heavy atom. The summed E-state index contributed by atoms with van der Waals surface area (Å²) in [5.74, 6) is -0.406. The summed E-state index contributed by atoms with van der Waals surface area (Å²) in [6.45, 7) is 0. The maximum absolute atomic E-state index is 12.7. The van der Waals surface area contributed by atoms with Gasteiger partial charge in [-0.1, -0.05) is 0 Å². The van der Waals surface area contributed by atoms with Crippen molar-refractivity contribution in [2.24, 2.45) is 0 Å². The lowest BCUT2D eigenvalue weighted by molar-refractivity contribution is 0.599. The van der Waals surface area contributed by atoms with Crippen molar-refractivity contribution in [1.82, 2.24) is 0 Å². The summed E-state index contributed by atoms with van der Waals surface area (Å²) in [5, 5.41) is -0.283. The largest absolute Gasteiger partial charge is 0.282 e. The Balaban J connectivity index is 2.24. The number of hydrogen-bond donors (Lipinski definition) is 1. The topological polar surface area (TPSA) is 46.2 Å². The maximum Gasteiger partial charge on any atom is 0.235 e. The molecule has 1 N–H and O–H groups in total. The van der Waals surface area contributed by atoms with Gasteiger partial charge in [0.1, 0.15) is 5.82 Å². The first kappa shape index (κ1) is 10.9. The number of hydrogen-bond acceptors (Lipinski definition) is 2. The molecule has 0 atom stereocenters. The van der Waals surface area contributed by atoms with E-state index in [0.29, 0.717) is 23.0 Å². The molecular weight excluding hydrogens is 285 g/mol. The van der Waals surface area contributed by atoms with E-state index >= 15 is 0 Å². The Labute approximate surface area is 95.9 Å². The Morgan fingerprint density at radius 3 is 2.60 bits per heavy atom. The molecule has 1 aliphatic carbocycles. The van der Waals surface area contributed by atoms with E-state index in [0.717, 1.165) is 0 Å². The van der Waals surface area contributed by atoms with Crippen molar-refractivity contribution in [2.75, 3.05) is 4.72 Å². The first-order chi connectivity index (χ1) is 6.99. The highest BCUT2D eigenvalue weighted by Crippen LogP contribution is 2.32. The van der Waals surface area contributed by atoms with Gasteiger partial charge >= 0.3 is 0 Å². The molecule has 2 rings (SSSR count). The van der Waals surface area contributed by atoms with Gasteiger partial charge in [-0.25, -0.2) is 12.8 Å². The molecule has 0 radical (unpaired) electrons. The quantitative estimate of drug-likeness (QED) is 0.931. The number of sulfonamides is 1. The summed E-state index contributed by atoms with van der Waals surface area (Å²) in [6, 6.07) is 3.85. The van der Waals surface area contributed by atoms with Gasteiger partial charge < -0.3 is 0 Å². The highest BCUT2D eigenvalue weighted by Gasteiger charge is 2.35. The Kier molecular flexibility index (Phi) is 2.72. The smallest absolute Gasteiger partial charge is 0.235 e. The molecule has 0 aromatic heterocycles. The zero-order valence-corrected chi connectivity index (χ0v) is 10.1. The summed E-state index contributed by atoms with van der Waals surface area (Å²) in [6.07, 6.45) is 1.41. The van der Waals surface area contributed by atoms with Crippen LogP contribution < -0.4 is 4.72 Å². The van der Waals surface area contributed by atoms with Crippen LogP contribution in [-0.2, 0) is 10.0 Å². The average Bonchev–Trinajstić information content (AvgIpc) is 2.92. The zero-order chi connectivity index (χ0) is 11.1. The van der Waals surface area contributed by atoms with E-state index in [1.807, 2.05) is 0 Å². The molecular formula is C9H9BrFNO2S. The van der Waals surface area contributed by atoms with E-state index in [-0.39, 0.29) is 5.25 Å². The van der Waals surface area contributed by atoms with Gasteiger partial charge in [0, 0.05) is 4.47 Å². The van der Waals surface area contributed by atoms with Gasteiger partial charge in [-0.3, -0.25) is 4.72 Å². The van der Waals surface area contributed by atoms with E-state index in [2.05, 4.69) is 20.7 Å². The van der Waals surface area contributed by atoms with E-state index in [1.54, 1.807) is 0 Å². The third-order valence-corrected chi connectivity index (χ3v) is 4.66. The monoisotopic (exact) mass is 293 g/mol. The van der Waals surface area contributed by atoms with Crippen molar-refractivity contribution in [2.45, 2.75) is 18.1 Å². The average molecular weight is 294 g/mol. The highest BCUT2D eigenvalue weighted by atomic mass is 79.9. The number of anilines is 1. The van der Waals surface area contributed by atoms with E-state index in [4.69, 9.17) is 0 Å². The van der Waals surface area contributed by atoms with Gasteiger partial charge in [-0.15, -0.1) is 0 Å². The third-order valence-electron chi connectivity index (χ3n) is 2.15. The van der Waals surface area contributed by atoms with E-state index < -0.39 is 15.8 Å². The fraction of sp³-hybridized carbons (Fsp3) is 0.333. The van der Waals surface area contributed by atoms with E-state index in [1.165, 1.54) is 18.2 Å². The van der Waals surface area contributed by atoms with Gasteiger partial charge in [0.25, 0.3) is 0 Å². The van der Waals surface area contributed by atoms with Crippen LogP contribution in [0.25, 0.3) is 0 Å². The first-order valence-corrected chi connectivity index (χ1v) is 6.79. The van der Waals surface area contributed by atoms with Crippen LogP contribution in [0.2, 0.25) is 0 Å². The van der Waals surface area contributed by atoms with Crippen LogP contribution in [0.15, 0.2) is 22.7 Å². The second-order valence-electron chi connectivity index (χ2n) is 3.47. The molecule has 1 aliphatic rings. The molecule has 1 fully saturated rings. The van der Waals surface area contributed by atoms with Crippen molar-refractivity contribution in [3.63, 3.8) is 0 Å². The lowest BCUT2D eigenvalue weighted by Gasteiger charge is -2.08. The molecule has 15 heavy (non-hydrogen) atoms. The minimum Gasteiger partial charge on any atom is -0.282 e. The molecule has 1 saturated carbocycles. The number of nitrogens with one attached hydrogen (secondary N) is 1. The first-order valence-electron chi connectivity index (χ1n) is 4.46. The molecule has 0 heterocycles. The number of benzene rings is 1. The van der Waals surface area contributed by atoms with Crippen LogP contribution in [0.5, 0.6) is 0 Å². The van der Waals surface area contributed by atoms with Gasteiger partial charge in [-0.05, 0) is 47.0 Å². The predicted octanol–water partition coefficient (Wildman–Crippen LogP) is 2.49. The summed E-state index contributed by atoms with van der Waals surface area (Å²) >= 11 is 3.10. The lowest BCUT2D eigenvalue weighted by atomic mass is 10.3. The summed E-state index contributed by atoms with van der Waals surface area (Å²) < 4.78 is 38.7. The molecule has 82 valence electrons. The Hall–Kier alpha value is -0.620. The van der Waals surface area contributed by atoms with Crippen molar-refractivity contribution >= 4 is 31.6 Å². The van der Waals surface area contributed by atoms with Crippen LogP contribution in [0.3, 0.4) is 0 Å². The fourth-order valence-electron chi connectivity index (χ4n) is 1.19. The van der Waals surface area contributed by atoms with Crippen molar-refractivity contribution in [3.05, 3.63) is 28.5 Å². The molecule has 3 nitrogen and oxygen atoms in total. The van der Waals surface area contributed by atoms with Crippen LogP contribution >= 0.6 is 15.9 Å². The molecule has 0 bridgehead atoms. The van der Waals surface area contributed by atoms with Crippen LogP contribution in [0.1, 0.15) is 12.8 Å². The molecule has 0 spiro atoms. The molecule has 0 saturated heterocycles. The second kappa shape index (κ2) is 3.75. The van der Waals surface area contributed by atoms with Crippen molar-refractivity contribution in [1.29, 1.82) is 0 Å². The predicted molar refractivity (Wildman–Crippen MR) is 59.7 cm³/mol. The van der Waals surface area contributed by atoms with Crippen LogP contribution in [-0.4, -0.2) is 13.7 Å². The number of rotatable bonds is 3. The lowest BCUT2D eigenvalue weighted by Crippen LogP contribution is -2.17. The fourth-order valence-corrected chi connectivity index (χ4v) is 3.18. The molecule has 6 heteroatoms. The second-order valence-corrected chi connectivity index (χ2v) is 6.29. The third kappa shape index (κ3) is 2.49. The molecule has 1 aromatic rings. The van der Waals surface area contributed by atoms with Crippen molar-refractivity contribution < 1.29 is 12.8 Å². The van der Waals surface area contributed by atoms with Gasteiger partial charge in [-0.2, -0.15) is 0 Å².